The Morgan fingerprint density at radius 1 is 1.08 bits per heavy atom. The number of anilines is 4. The van der Waals surface area contributed by atoms with Gasteiger partial charge in [-0.3, -0.25) is 9.55 Å². The van der Waals surface area contributed by atoms with Gasteiger partial charge in [-0.05, 0) is 43.3 Å². The van der Waals surface area contributed by atoms with Crippen LogP contribution in [0.1, 0.15) is 6.92 Å². The Morgan fingerprint density at radius 3 is 2.58 bits per heavy atom. The number of urea groups is 1. The molecule has 0 spiro atoms. The lowest BCUT2D eigenvalue weighted by Gasteiger charge is -2.16. The first-order chi connectivity index (χ1) is 17.4. The second kappa shape index (κ2) is 9.41. The number of nitrogens with one attached hydrogen (secondary N) is 2. The fourth-order valence-corrected chi connectivity index (χ4v) is 3.97. The summed E-state index contributed by atoms with van der Waals surface area (Å²) in [6.07, 6.45) is 6.83. The lowest BCUT2D eigenvalue weighted by Crippen LogP contribution is -2.20. The quantitative estimate of drug-likeness (QED) is 0.301. The van der Waals surface area contributed by atoms with Crippen LogP contribution >= 0.6 is 0 Å². The van der Waals surface area contributed by atoms with Gasteiger partial charge in [0.15, 0.2) is 0 Å². The molecule has 0 aliphatic rings. The summed E-state index contributed by atoms with van der Waals surface area (Å²) < 4.78 is 7.60. The Morgan fingerprint density at radius 2 is 1.89 bits per heavy atom. The molecule has 3 heterocycles. The first kappa shape index (κ1) is 22.9. The Labute approximate surface area is 207 Å². The van der Waals surface area contributed by atoms with Crippen molar-refractivity contribution in [1.29, 1.82) is 0 Å². The van der Waals surface area contributed by atoms with Gasteiger partial charge in [0, 0.05) is 66.3 Å². The third kappa shape index (κ3) is 4.43. The summed E-state index contributed by atoms with van der Waals surface area (Å²) >= 11 is 0. The maximum absolute atomic E-state index is 12.9. The van der Waals surface area contributed by atoms with Crippen LogP contribution in [0.2, 0.25) is 0 Å². The van der Waals surface area contributed by atoms with Gasteiger partial charge < -0.3 is 26.0 Å². The van der Waals surface area contributed by atoms with Crippen molar-refractivity contribution in [2.75, 3.05) is 42.0 Å². The SMILES string of the molecule is CCOc1cc2ncc3c(N)nc(-n4ccnc4)cc3c2cc1NC(=O)Nc1ccc(N(C)C)cc1. The van der Waals surface area contributed by atoms with E-state index in [1.165, 1.54) is 0 Å². The first-order valence-corrected chi connectivity index (χ1v) is 11.4. The van der Waals surface area contributed by atoms with Crippen molar-refractivity contribution >= 4 is 50.6 Å². The van der Waals surface area contributed by atoms with Crippen molar-refractivity contribution in [2.45, 2.75) is 6.92 Å². The van der Waals surface area contributed by atoms with Crippen molar-refractivity contribution in [2.24, 2.45) is 0 Å². The van der Waals surface area contributed by atoms with Gasteiger partial charge in [-0.2, -0.15) is 0 Å². The highest BCUT2D eigenvalue weighted by Crippen LogP contribution is 2.35. The summed E-state index contributed by atoms with van der Waals surface area (Å²) in [7, 11) is 3.93. The number of imidazole rings is 1. The molecule has 0 saturated carbocycles. The number of carbonyl (C=O) groups excluding carboxylic acids is 1. The number of nitrogens with two attached hydrogens (primary N) is 1. The van der Waals surface area contributed by atoms with Crippen LogP contribution in [0.5, 0.6) is 5.75 Å². The van der Waals surface area contributed by atoms with E-state index in [0.29, 0.717) is 46.3 Å². The second-order valence-corrected chi connectivity index (χ2v) is 8.37. The van der Waals surface area contributed by atoms with Crippen molar-refractivity contribution in [3.05, 3.63) is 67.4 Å². The number of carbonyl (C=O) groups is 1. The predicted octanol–water partition coefficient (Wildman–Crippen LogP) is 4.66. The van der Waals surface area contributed by atoms with Gasteiger partial charge in [0.2, 0.25) is 0 Å². The standard InChI is InChI=1S/C26H26N8O2/c1-4-36-23-13-21-19(11-22(23)31-26(35)30-16-5-7-17(8-6-16)33(2)3)18-12-24(34-10-9-28-15-34)32-25(27)20(18)14-29-21/h5-15H,4H2,1-3H3,(H2,27,32)(H2,30,31,35). The van der Waals surface area contributed by atoms with E-state index in [0.717, 1.165) is 16.5 Å². The number of nitrogens with zero attached hydrogens (tertiary/aromatic N) is 5. The number of amides is 2. The summed E-state index contributed by atoms with van der Waals surface area (Å²) in [5.41, 5.74) is 9.21. The predicted molar refractivity (Wildman–Crippen MR) is 143 cm³/mol. The van der Waals surface area contributed by atoms with Crippen LogP contribution in [0.25, 0.3) is 27.5 Å². The molecule has 2 aromatic carbocycles. The zero-order valence-electron chi connectivity index (χ0n) is 20.2. The molecule has 36 heavy (non-hydrogen) atoms. The molecule has 5 rings (SSSR count). The molecule has 5 aromatic rings. The van der Waals surface area contributed by atoms with Gasteiger partial charge in [0.1, 0.15) is 23.7 Å². The molecule has 0 unspecified atom stereocenters. The van der Waals surface area contributed by atoms with Crippen LogP contribution in [0.4, 0.5) is 27.7 Å². The fraction of sp³-hybridized carbons (Fsp3) is 0.154. The lowest BCUT2D eigenvalue weighted by molar-refractivity contribution is 0.262. The van der Waals surface area contributed by atoms with Crippen molar-refractivity contribution in [3.63, 3.8) is 0 Å². The Bertz CT molecular complexity index is 1550. The molecule has 182 valence electrons. The van der Waals surface area contributed by atoms with E-state index >= 15 is 0 Å². The number of benzene rings is 2. The van der Waals surface area contributed by atoms with Crippen LogP contribution in [-0.2, 0) is 0 Å². The van der Waals surface area contributed by atoms with Gasteiger partial charge in [-0.1, -0.05) is 0 Å². The molecular weight excluding hydrogens is 456 g/mol. The number of nitrogen functional groups attached to an aromatic ring is 1. The average molecular weight is 483 g/mol. The number of hydrogen-bond donors (Lipinski definition) is 3. The Kier molecular flexibility index (Phi) is 5.99. The number of rotatable bonds is 6. The van der Waals surface area contributed by atoms with E-state index in [1.807, 2.05) is 68.4 Å². The minimum atomic E-state index is -0.388. The molecule has 4 N–H and O–H groups in total. The van der Waals surface area contributed by atoms with Gasteiger partial charge in [0.25, 0.3) is 0 Å². The number of fused-ring (bicyclic) bond motifs is 3. The monoisotopic (exact) mass is 482 g/mol. The summed E-state index contributed by atoms with van der Waals surface area (Å²) in [4.78, 5) is 28.0. The van der Waals surface area contributed by atoms with Crippen molar-refractivity contribution in [3.8, 4) is 11.6 Å². The smallest absolute Gasteiger partial charge is 0.323 e. The summed E-state index contributed by atoms with van der Waals surface area (Å²) in [5, 5.41) is 8.15. The number of hydrogen-bond acceptors (Lipinski definition) is 7. The normalized spacial score (nSPS) is 11.0. The summed E-state index contributed by atoms with van der Waals surface area (Å²) in [5.74, 6) is 1.51. The van der Waals surface area contributed by atoms with Crippen LogP contribution < -0.4 is 26.0 Å². The van der Waals surface area contributed by atoms with E-state index in [1.54, 1.807) is 29.5 Å². The molecule has 0 aliphatic heterocycles. The first-order valence-electron chi connectivity index (χ1n) is 11.4. The highest BCUT2D eigenvalue weighted by molar-refractivity contribution is 6.12. The maximum atomic E-state index is 12.9. The van der Waals surface area contributed by atoms with Gasteiger partial charge in [-0.25, -0.2) is 14.8 Å². The second-order valence-electron chi connectivity index (χ2n) is 8.37. The number of aromatic nitrogens is 4. The highest BCUT2D eigenvalue weighted by atomic mass is 16.5. The Hall–Kier alpha value is -4.86. The Balaban J connectivity index is 1.54. The topological polar surface area (TPSA) is 123 Å². The molecule has 10 nitrogen and oxygen atoms in total. The molecule has 0 aliphatic carbocycles. The molecular formula is C26H26N8O2. The van der Waals surface area contributed by atoms with Crippen LogP contribution in [0, 0.1) is 0 Å². The molecule has 10 heteroatoms. The van der Waals surface area contributed by atoms with Crippen LogP contribution in [0.3, 0.4) is 0 Å². The number of ether oxygens (including phenoxy) is 1. The largest absolute Gasteiger partial charge is 0.492 e. The van der Waals surface area contributed by atoms with E-state index in [4.69, 9.17) is 10.5 Å². The molecule has 2 amide bonds. The van der Waals surface area contributed by atoms with Crippen molar-refractivity contribution < 1.29 is 9.53 Å². The molecule has 0 bridgehead atoms. The molecule has 0 radical (unpaired) electrons. The average Bonchev–Trinajstić information content (AvgIpc) is 3.40. The molecule has 0 atom stereocenters. The van der Waals surface area contributed by atoms with E-state index in [2.05, 4.69) is 25.6 Å². The van der Waals surface area contributed by atoms with Crippen LogP contribution in [-0.4, -0.2) is 46.3 Å². The summed E-state index contributed by atoms with van der Waals surface area (Å²) in [6, 6.07) is 12.8. The third-order valence-electron chi connectivity index (χ3n) is 5.75. The van der Waals surface area contributed by atoms with Crippen molar-refractivity contribution in [1.82, 2.24) is 19.5 Å². The van der Waals surface area contributed by atoms with Crippen LogP contribution in [0.15, 0.2) is 67.4 Å². The molecule has 3 aromatic heterocycles. The van der Waals surface area contributed by atoms with E-state index < -0.39 is 0 Å². The third-order valence-corrected chi connectivity index (χ3v) is 5.75. The zero-order chi connectivity index (χ0) is 25.2. The lowest BCUT2D eigenvalue weighted by atomic mass is 10.1. The van der Waals surface area contributed by atoms with Gasteiger partial charge >= 0.3 is 6.03 Å². The van der Waals surface area contributed by atoms with Gasteiger partial charge in [-0.15, -0.1) is 0 Å². The van der Waals surface area contributed by atoms with E-state index in [9.17, 15) is 4.79 Å². The van der Waals surface area contributed by atoms with E-state index in [-0.39, 0.29) is 6.03 Å². The van der Waals surface area contributed by atoms with Gasteiger partial charge in [0.05, 0.1) is 17.8 Å². The molecule has 0 saturated heterocycles. The zero-order valence-corrected chi connectivity index (χ0v) is 20.2. The summed E-state index contributed by atoms with van der Waals surface area (Å²) in [6.45, 7) is 2.32. The molecule has 0 fully saturated rings. The minimum absolute atomic E-state index is 0.355. The highest BCUT2D eigenvalue weighted by Gasteiger charge is 2.15. The minimum Gasteiger partial charge on any atom is -0.492 e. The maximum Gasteiger partial charge on any atom is 0.323 e. The number of pyridine rings is 2. The fourth-order valence-electron chi connectivity index (χ4n) is 3.97.